The fourth-order valence-corrected chi connectivity index (χ4v) is 7.75. The van der Waals surface area contributed by atoms with E-state index >= 15 is 0 Å². The van der Waals surface area contributed by atoms with Crippen LogP contribution in [0.2, 0.25) is 0 Å². The Morgan fingerprint density at radius 3 is 2.34 bits per heavy atom. The number of ketones is 2. The second-order valence-electron chi connectivity index (χ2n) is 11.7. The topological polar surface area (TPSA) is 103 Å². The van der Waals surface area contributed by atoms with Crippen molar-refractivity contribution in [1.29, 1.82) is 0 Å². The maximum absolute atomic E-state index is 14.9. The number of benzene rings is 3. The van der Waals surface area contributed by atoms with Gasteiger partial charge in [0.15, 0.2) is 11.6 Å². The van der Waals surface area contributed by atoms with Gasteiger partial charge in [0.25, 0.3) is 0 Å². The van der Waals surface area contributed by atoms with Crippen LogP contribution >= 0.6 is 0 Å². The summed E-state index contributed by atoms with van der Waals surface area (Å²) in [5.41, 5.74) is 1.11. The summed E-state index contributed by atoms with van der Waals surface area (Å²) in [5.74, 6) is -2.14. The number of aromatic hydroxyl groups is 1. The summed E-state index contributed by atoms with van der Waals surface area (Å²) in [4.78, 5) is 56.3. The molecular weight excluding hydrogens is 554 g/mol. The average molecular weight is 586 g/mol. The molecule has 0 bridgehead atoms. The lowest BCUT2D eigenvalue weighted by atomic mass is 9.47. The number of rotatable bonds is 5. The van der Waals surface area contributed by atoms with E-state index in [1.165, 1.54) is 22.5 Å². The molecular formula is C36H31N3O5. The lowest BCUT2D eigenvalue weighted by molar-refractivity contribution is -0.133. The predicted molar refractivity (Wildman–Crippen MR) is 166 cm³/mol. The third-order valence-electron chi connectivity index (χ3n) is 9.66. The lowest BCUT2D eigenvalue weighted by Gasteiger charge is -2.54. The zero-order valence-corrected chi connectivity index (χ0v) is 24.2. The van der Waals surface area contributed by atoms with Crippen LogP contribution in [-0.2, 0) is 35.0 Å². The number of Topliss-reactive ketones (excluding diaryl/α,β-unsaturated/α-hetero) is 1. The van der Waals surface area contributed by atoms with Crippen LogP contribution in [0.1, 0.15) is 40.6 Å². The molecule has 1 aromatic heterocycles. The molecule has 0 amide bonds. The van der Waals surface area contributed by atoms with Crippen molar-refractivity contribution in [1.82, 2.24) is 13.9 Å². The standard InChI is InChI=1S/C36H31N3O5/c1-3-11-23-14-10-17-26(32(23)41)31-25-18-19-38-34(43)37(2)35(44)39(38)29(25)21-28-33(42)27(22-12-6-4-7-13-22)20-30(40)36(28,31)24-15-8-5-9-16-24/h3-10,12-18,20,28-29,31,41H,1,11,19,21H2,2H3/t28-,29+,31+,36-/m0/s1. The molecule has 1 aliphatic heterocycles. The number of phenols is 1. The number of fused-ring (bicyclic) bond motifs is 4. The first kappa shape index (κ1) is 27.6. The van der Waals surface area contributed by atoms with E-state index in [-0.39, 0.29) is 30.3 Å². The molecule has 1 N–H and O–H groups in total. The molecule has 3 aromatic carbocycles. The zero-order chi connectivity index (χ0) is 30.7. The molecule has 3 aliphatic rings. The summed E-state index contributed by atoms with van der Waals surface area (Å²) in [6, 6.07) is 23.2. The number of allylic oxidation sites excluding steroid dienone is 5. The van der Waals surface area contributed by atoms with Crippen LogP contribution in [0.5, 0.6) is 5.75 Å². The number of carbonyl (C=O) groups is 2. The molecule has 44 heavy (non-hydrogen) atoms. The normalized spacial score (nSPS) is 24.1. The van der Waals surface area contributed by atoms with Crippen molar-refractivity contribution < 1.29 is 14.7 Å². The third kappa shape index (κ3) is 3.70. The van der Waals surface area contributed by atoms with E-state index in [9.17, 15) is 24.3 Å². The van der Waals surface area contributed by atoms with Crippen LogP contribution in [0.3, 0.4) is 0 Å². The highest BCUT2D eigenvalue weighted by atomic mass is 16.3. The van der Waals surface area contributed by atoms with E-state index in [1.54, 1.807) is 12.1 Å². The SMILES string of the molecule is C=CCc1cccc([C@H]2C3=CCn4c(=O)n(C)c(=O)n4[C@@H]3C[C@H]3C(=O)C(c4ccccc4)=CC(=O)[C@@]23c2ccccc2)c1O. The van der Waals surface area contributed by atoms with Crippen LogP contribution in [0, 0.1) is 5.92 Å². The molecule has 8 nitrogen and oxygen atoms in total. The third-order valence-corrected chi connectivity index (χ3v) is 9.66. The summed E-state index contributed by atoms with van der Waals surface area (Å²) < 4.78 is 3.89. The van der Waals surface area contributed by atoms with Crippen molar-refractivity contribution in [3.8, 4) is 5.75 Å². The molecule has 0 saturated heterocycles. The Hall–Kier alpha value is -5.24. The quantitative estimate of drug-likeness (QED) is 0.353. The Morgan fingerprint density at radius 1 is 0.932 bits per heavy atom. The second kappa shape index (κ2) is 10.2. The molecule has 1 fully saturated rings. The first-order valence-corrected chi connectivity index (χ1v) is 14.7. The highest BCUT2D eigenvalue weighted by Crippen LogP contribution is 2.62. The zero-order valence-electron chi connectivity index (χ0n) is 24.2. The maximum Gasteiger partial charge on any atom is 0.347 e. The minimum atomic E-state index is -1.41. The van der Waals surface area contributed by atoms with Crippen molar-refractivity contribution in [3.63, 3.8) is 0 Å². The molecule has 4 atom stereocenters. The van der Waals surface area contributed by atoms with Crippen molar-refractivity contribution in [2.75, 3.05) is 0 Å². The van der Waals surface area contributed by atoms with Gasteiger partial charge in [0, 0.05) is 30.0 Å². The van der Waals surface area contributed by atoms with Gasteiger partial charge < -0.3 is 5.11 Å². The van der Waals surface area contributed by atoms with Gasteiger partial charge >= 0.3 is 11.4 Å². The monoisotopic (exact) mass is 585 g/mol. The molecule has 4 aromatic rings. The smallest absolute Gasteiger partial charge is 0.347 e. The Morgan fingerprint density at radius 2 is 1.64 bits per heavy atom. The molecule has 2 aliphatic carbocycles. The van der Waals surface area contributed by atoms with Crippen molar-refractivity contribution in [3.05, 3.63) is 152 Å². The number of phenolic OH excluding ortho intramolecular Hbond substituents is 1. The summed E-state index contributed by atoms with van der Waals surface area (Å²) in [6.45, 7) is 3.95. The van der Waals surface area contributed by atoms with E-state index in [1.807, 2.05) is 78.9 Å². The van der Waals surface area contributed by atoms with Gasteiger partial charge in [0.2, 0.25) is 0 Å². The van der Waals surface area contributed by atoms with Gasteiger partial charge in [-0.15, -0.1) is 6.58 Å². The van der Waals surface area contributed by atoms with E-state index in [2.05, 4.69) is 6.58 Å². The lowest BCUT2D eigenvalue weighted by Crippen LogP contribution is -2.58. The molecule has 7 rings (SSSR count). The molecule has 8 heteroatoms. The Balaban J connectivity index is 1.58. The first-order valence-electron chi connectivity index (χ1n) is 14.7. The maximum atomic E-state index is 14.9. The Labute approximate surface area is 253 Å². The van der Waals surface area contributed by atoms with Crippen LogP contribution < -0.4 is 11.4 Å². The van der Waals surface area contributed by atoms with Gasteiger partial charge in [-0.25, -0.2) is 23.5 Å². The average Bonchev–Trinajstić information content (AvgIpc) is 3.27. The number of hydrogen-bond donors (Lipinski definition) is 1. The van der Waals surface area contributed by atoms with Crippen LogP contribution in [0.15, 0.2) is 119 Å². The predicted octanol–water partition coefficient (Wildman–Crippen LogP) is 4.24. The minimum Gasteiger partial charge on any atom is -0.507 e. The summed E-state index contributed by atoms with van der Waals surface area (Å²) >= 11 is 0. The van der Waals surface area contributed by atoms with Gasteiger partial charge in [0.1, 0.15) is 5.75 Å². The fraction of sp³-hybridized carbons (Fsp3) is 0.222. The van der Waals surface area contributed by atoms with Gasteiger partial charge in [0.05, 0.1) is 18.0 Å². The summed E-state index contributed by atoms with van der Waals surface area (Å²) in [7, 11) is 1.44. The second-order valence-corrected chi connectivity index (χ2v) is 11.7. The Bertz CT molecular complexity index is 2030. The minimum absolute atomic E-state index is 0.0227. The van der Waals surface area contributed by atoms with Crippen LogP contribution in [-0.4, -0.2) is 30.6 Å². The van der Waals surface area contributed by atoms with Crippen molar-refractivity contribution in [2.45, 2.75) is 36.8 Å². The van der Waals surface area contributed by atoms with Crippen molar-refractivity contribution in [2.24, 2.45) is 13.0 Å². The summed E-state index contributed by atoms with van der Waals surface area (Å²) in [6.07, 6.45) is 5.59. The molecule has 0 spiro atoms. The highest BCUT2D eigenvalue weighted by Gasteiger charge is 2.63. The molecule has 220 valence electrons. The number of carbonyl (C=O) groups excluding carboxylic acids is 2. The van der Waals surface area contributed by atoms with Gasteiger partial charge in [-0.1, -0.05) is 91.0 Å². The number of para-hydroxylation sites is 1. The molecule has 2 heterocycles. The number of hydrogen-bond acceptors (Lipinski definition) is 5. The fourth-order valence-electron chi connectivity index (χ4n) is 7.75. The molecule has 1 saturated carbocycles. The van der Waals surface area contributed by atoms with E-state index in [4.69, 9.17) is 0 Å². The number of nitrogens with zero attached hydrogens (tertiary/aromatic N) is 3. The van der Waals surface area contributed by atoms with Gasteiger partial charge in [-0.2, -0.15) is 0 Å². The van der Waals surface area contributed by atoms with Crippen molar-refractivity contribution >= 4 is 17.1 Å². The largest absolute Gasteiger partial charge is 0.507 e. The van der Waals surface area contributed by atoms with Gasteiger partial charge in [-0.3, -0.25) is 9.59 Å². The molecule has 0 unspecified atom stereocenters. The Kier molecular flexibility index (Phi) is 6.39. The highest BCUT2D eigenvalue weighted by molar-refractivity contribution is 6.31. The number of aromatic nitrogens is 3. The first-order chi connectivity index (χ1) is 21.3. The van der Waals surface area contributed by atoms with Gasteiger partial charge in [-0.05, 0) is 41.2 Å². The van der Waals surface area contributed by atoms with Crippen LogP contribution in [0.25, 0.3) is 5.57 Å². The van der Waals surface area contributed by atoms with E-state index in [0.29, 0.717) is 34.2 Å². The molecule has 0 radical (unpaired) electrons. The van der Waals surface area contributed by atoms with E-state index < -0.39 is 34.7 Å². The summed E-state index contributed by atoms with van der Waals surface area (Å²) in [5, 5.41) is 11.8. The van der Waals surface area contributed by atoms with Crippen LogP contribution in [0.4, 0.5) is 0 Å². The van der Waals surface area contributed by atoms with E-state index in [0.717, 1.165) is 10.1 Å².